The van der Waals surface area contributed by atoms with E-state index >= 15 is 0 Å². The van der Waals surface area contributed by atoms with Gasteiger partial charge in [0.05, 0.1) is 23.9 Å². The second kappa shape index (κ2) is 5.68. The van der Waals surface area contributed by atoms with Gasteiger partial charge in [-0.1, -0.05) is 36.4 Å². The smallest absolute Gasteiger partial charge is 0.119 e. The van der Waals surface area contributed by atoms with Crippen molar-refractivity contribution in [3.8, 4) is 5.75 Å². The lowest BCUT2D eigenvalue weighted by atomic mass is 9.79. The van der Waals surface area contributed by atoms with Crippen LogP contribution in [0.2, 0.25) is 0 Å². The van der Waals surface area contributed by atoms with Gasteiger partial charge in [0, 0.05) is 12.6 Å². The van der Waals surface area contributed by atoms with Crippen molar-refractivity contribution in [3.63, 3.8) is 0 Å². The maximum atomic E-state index is 6.58. The number of benzene rings is 2. The minimum atomic E-state index is -0.646. The molecule has 4 heteroatoms. The van der Waals surface area contributed by atoms with Gasteiger partial charge < -0.3 is 16.2 Å². The van der Waals surface area contributed by atoms with Crippen LogP contribution >= 0.6 is 0 Å². The fourth-order valence-corrected chi connectivity index (χ4v) is 2.61. The van der Waals surface area contributed by atoms with E-state index in [9.17, 15) is 0 Å². The van der Waals surface area contributed by atoms with Crippen LogP contribution in [-0.2, 0) is 5.54 Å². The molecule has 1 aliphatic heterocycles. The summed E-state index contributed by atoms with van der Waals surface area (Å²) in [5.74, 6) is 0.840. The first-order valence-corrected chi connectivity index (χ1v) is 7.06. The molecule has 0 radical (unpaired) electrons. The number of hydrogen-bond donors (Lipinski definition) is 2. The number of fused-ring (bicyclic) bond motifs is 1. The van der Waals surface area contributed by atoms with E-state index in [1.54, 1.807) is 6.21 Å². The van der Waals surface area contributed by atoms with Gasteiger partial charge in [0.2, 0.25) is 0 Å². The fraction of sp³-hybridized carbons (Fsp3) is 0.235. The Balaban J connectivity index is 1.75. The van der Waals surface area contributed by atoms with Gasteiger partial charge in [-0.25, -0.2) is 0 Å². The molecule has 0 fully saturated rings. The maximum absolute atomic E-state index is 6.58. The van der Waals surface area contributed by atoms with E-state index < -0.39 is 5.54 Å². The third-order valence-corrected chi connectivity index (χ3v) is 3.90. The zero-order valence-corrected chi connectivity index (χ0v) is 11.8. The summed E-state index contributed by atoms with van der Waals surface area (Å²) in [6, 6.07) is 17.3. The average molecular weight is 281 g/mol. The first-order chi connectivity index (χ1) is 10.2. The Morgan fingerprint density at radius 2 is 1.76 bits per heavy atom. The second-order valence-corrected chi connectivity index (χ2v) is 5.27. The Bertz CT molecular complexity index is 641. The van der Waals surface area contributed by atoms with Crippen LogP contribution in [0, 0.1) is 0 Å². The predicted molar refractivity (Wildman–Crippen MR) is 85.0 cm³/mol. The highest BCUT2D eigenvalue weighted by atomic mass is 16.5. The molecule has 4 N–H and O–H groups in total. The van der Waals surface area contributed by atoms with Gasteiger partial charge in [0.25, 0.3) is 0 Å². The van der Waals surface area contributed by atoms with Crippen LogP contribution in [0.4, 0.5) is 5.69 Å². The zero-order valence-electron chi connectivity index (χ0n) is 11.8. The molecule has 0 saturated carbocycles. The normalized spacial score (nSPS) is 23.6. The highest BCUT2D eigenvalue weighted by Crippen LogP contribution is 2.35. The minimum Gasteiger partial charge on any atom is -0.494 e. The summed E-state index contributed by atoms with van der Waals surface area (Å²) in [4.78, 5) is 4.36. The highest BCUT2D eigenvalue weighted by molar-refractivity contribution is 5.76. The van der Waals surface area contributed by atoms with Gasteiger partial charge in [-0.15, -0.1) is 0 Å². The molecule has 1 aliphatic rings. The Morgan fingerprint density at radius 3 is 2.57 bits per heavy atom. The Hall–Kier alpha value is -2.17. The van der Waals surface area contributed by atoms with Crippen LogP contribution < -0.4 is 16.2 Å². The molecule has 0 aromatic heterocycles. The number of aliphatic imine (C=N–C) groups is 1. The first-order valence-electron chi connectivity index (χ1n) is 7.06. The van der Waals surface area contributed by atoms with Gasteiger partial charge in [-0.05, 0) is 23.8 Å². The van der Waals surface area contributed by atoms with Crippen LogP contribution in [0.3, 0.4) is 0 Å². The van der Waals surface area contributed by atoms with Gasteiger partial charge in [-0.3, -0.25) is 4.99 Å². The molecule has 4 nitrogen and oxygen atoms in total. The lowest BCUT2D eigenvalue weighted by molar-refractivity contribution is 0.250. The summed E-state index contributed by atoms with van der Waals surface area (Å²) in [6.07, 6.45) is 2.36. The number of rotatable bonds is 4. The summed E-state index contributed by atoms with van der Waals surface area (Å²) in [5.41, 5.74) is 14.0. The number of nitrogens with zero attached hydrogens (tertiary/aromatic N) is 1. The van der Waals surface area contributed by atoms with Crippen molar-refractivity contribution in [2.45, 2.75) is 18.0 Å². The van der Waals surface area contributed by atoms with E-state index in [2.05, 4.69) is 4.99 Å². The molecular weight excluding hydrogens is 262 g/mol. The zero-order chi connectivity index (χ0) is 14.7. The topological polar surface area (TPSA) is 73.6 Å². The average Bonchev–Trinajstić information content (AvgIpc) is 2.53. The summed E-state index contributed by atoms with van der Waals surface area (Å²) >= 11 is 0. The summed E-state index contributed by atoms with van der Waals surface area (Å²) in [5, 5.41) is 0. The van der Waals surface area contributed by atoms with Crippen molar-refractivity contribution in [3.05, 3.63) is 60.2 Å². The fourth-order valence-electron chi connectivity index (χ4n) is 2.61. The molecule has 1 heterocycles. The molecule has 0 saturated heterocycles. The molecule has 2 atom stereocenters. The lowest BCUT2D eigenvalue weighted by Crippen LogP contribution is -2.55. The van der Waals surface area contributed by atoms with Gasteiger partial charge in [0.1, 0.15) is 5.75 Å². The molecule has 0 bridgehead atoms. The third-order valence-electron chi connectivity index (χ3n) is 3.90. The van der Waals surface area contributed by atoms with E-state index in [0.29, 0.717) is 13.0 Å². The molecule has 0 aliphatic carbocycles. The molecule has 0 spiro atoms. The van der Waals surface area contributed by atoms with Crippen LogP contribution in [0.25, 0.3) is 0 Å². The summed E-state index contributed by atoms with van der Waals surface area (Å²) in [7, 11) is 0. The van der Waals surface area contributed by atoms with Crippen molar-refractivity contribution < 1.29 is 4.74 Å². The predicted octanol–water partition coefficient (Wildman–Crippen LogP) is 2.35. The minimum absolute atomic E-state index is 0.313. The van der Waals surface area contributed by atoms with E-state index in [1.165, 1.54) is 0 Å². The molecule has 21 heavy (non-hydrogen) atoms. The lowest BCUT2D eigenvalue weighted by Gasteiger charge is -2.37. The van der Waals surface area contributed by atoms with E-state index in [-0.39, 0.29) is 6.04 Å². The van der Waals surface area contributed by atoms with Crippen LogP contribution in [-0.4, -0.2) is 18.9 Å². The first kappa shape index (κ1) is 13.8. The molecular formula is C17H19N3O. The van der Waals surface area contributed by atoms with E-state index in [1.807, 2.05) is 54.6 Å². The van der Waals surface area contributed by atoms with Crippen LogP contribution in [0.1, 0.15) is 12.0 Å². The van der Waals surface area contributed by atoms with E-state index in [0.717, 1.165) is 17.0 Å². The molecule has 3 rings (SSSR count). The standard InChI is InChI=1S/C17H19N3O/c18-16-12-20-15-9-5-4-8-14(15)17(16,19)10-11-21-13-6-2-1-3-7-13/h1-9,12,16H,10-11,18-19H2. The maximum Gasteiger partial charge on any atom is 0.119 e. The SMILES string of the molecule is NC1C=Nc2ccccc2C1(N)CCOc1ccccc1. The van der Waals surface area contributed by atoms with Crippen molar-refractivity contribution >= 4 is 11.9 Å². The monoisotopic (exact) mass is 281 g/mol. The van der Waals surface area contributed by atoms with Gasteiger partial charge >= 0.3 is 0 Å². The number of ether oxygens (including phenoxy) is 1. The molecule has 0 amide bonds. The quantitative estimate of drug-likeness (QED) is 0.903. The van der Waals surface area contributed by atoms with Gasteiger partial charge in [0.15, 0.2) is 0 Å². The van der Waals surface area contributed by atoms with E-state index in [4.69, 9.17) is 16.2 Å². The molecule has 2 unspecified atom stereocenters. The van der Waals surface area contributed by atoms with Gasteiger partial charge in [-0.2, -0.15) is 0 Å². The van der Waals surface area contributed by atoms with Crippen LogP contribution in [0.5, 0.6) is 5.75 Å². The number of nitrogens with two attached hydrogens (primary N) is 2. The Labute approximate surface area is 124 Å². The Kier molecular flexibility index (Phi) is 3.73. The summed E-state index contributed by atoms with van der Waals surface area (Å²) in [6.45, 7) is 0.510. The number of para-hydroxylation sites is 2. The van der Waals surface area contributed by atoms with Crippen LogP contribution in [0.15, 0.2) is 59.6 Å². The molecule has 2 aromatic carbocycles. The van der Waals surface area contributed by atoms with Crippen molar-refractivity contribution in [1.82, 2.24) is 0 Å². The van der Waals surface area contributed by atoms with Crippen molar-refractivity contribution in [1.29, 1.82) is 0 Å². The highest BCUT2D eigenvalue weighted by Gasteiger charge is 2.37. The molecule has 2 aromatic rings. The van der Waals surface area contributed by atoms with Crippen molar-refractivity contribution in [2.24, 2.45) is 16.5 Å². The molecule has 108 valence electrons. The largest absolute Gasteiger partial charge is 0.494 e. The van der Waals surface area contributed by atoms with Crippen molar-refractivity contribution in [2.75, 3.05) is 6.61 Å². The third kappa shape index (κ3) is 2.68. The second-order valence-electron chi connectivity index (χ2n) is 5.27. The number of hydrogen-bond acceptors (Lipinski definition) is 4. The Morgan fingerprint density at radius 1 is 1.05 bits per heavy atom. The summed E-state index contributed by atoms with van der Waals surface area (Å²) < 4.78 is 5.76.